The van der Waals surface area contributed by atoms with Crippen LogP contribution >= 0.6 is 0 Å². The third-order valence-corrected chi connectivity index (χ3v) is 4.79. The molecule has 2 rings (SSSR count). The number of nitrogens with two attached hydrogens (primary N) is 1. The van der Waals surface area contributed by atoms with Gasteiger partial charge in [-0.2, -0.15) is 0 Å². The fraction of sp³-hybridized carbons (Fsp3) is 0.278. The van der Waals surface area contributed by atoms with Gasteiger partial charge in [-0.1, -0.05) is 30.3 Å². The first-order valence-electron chi connectivity index (χ1n) is 8.14. The average molecular weight is 377 g/mol. The SMILES string of the molecule is CN(CCCNc1ccc(S(N)(=O)=O)cc1C(=O)O)Cc1ccccc1. The summed E-state index contributed by atoms with van der Waals surface area (Å²) < 4.78 is 22.7. The number of aromatic carboxylic acids is 1. The highest BCUT2D eigenvalue weighted by atomic mass is 32.2. The second kappa shape index (κ2) is 8.79. The maximum absolute atomic E-state index is 11.4. The second-order valence-electron chi connectivity index (χ2n) is 6.06. The minimum Gasteiger partial charge on any atom is -0.478 e. The van der Waals surface area contributed by atoms with Gasteiger partial charge >= 0.3 is 5.97 Å². The number of hydrogen-bond acceptors (Lipinski definition) is 5. The standard InChI is InChI=1S/C18H23N3O4S/c1-21(13-14-6-3-2-4-7-14)11-5-10-20-17-9-8-15(26(19,24)25)12-16(17)18(22)23/h2-4,6-9,12,20H,5,10-11,13H2,1H3,(H,22,23)(H2,19,24,25). The minimum absolute atomic E-state index is 0.117. The van der Waals surface area contributed by atoms with Gasteiger partial charge in [-0.25, -0.2) is 18.4 Å². The van der Waals surface area contributed by atoms with Crippen LogP contribution in [-0.4, -0.2) is 44.5 Å². The van der Waals surface area contributed by atoms with Gasteiger partial charge in [-0.05, 0) is 43.8 Å². The van der Waals surface area contributed by atoms with Gasteiger partial charge in [0.25, 0.3) is 0 Å². The summed E-state index contributed by atoms with van der Waals surface area (Å²) in [6, 6.07) is 13.9. The molecule has 0 bridgehead atoms. The van der Waals surface area contributed by atoms with Gasteiger partial charge in [0.1, 0.15) is 0 Å². The quantitative estimate of drug-likeness (QED) is 0.576. The molecular formula is C18H23N3O4S. The second-order valence-corrected chi connectivity index (χ2v) is 7.62. The molecule has 2 aromatic carbocycles. The first-order valence-corrected chi connectivity index (χ1v) is 9.68. The van der Waals surface area contributed by atoms with Gasteiger partial charge in [0, 0.05) is 18.8 Å². The number of carbonyl (C=O) groups is 1. The molecule has 0 saturated carbocycles. The van der Waals surface area contributed by atoms with E-state index in [9.17, 15) is 18.3 Å². The Bertz CT molecular complexity index is 854. The van der Waals surface area contributed by atoms with E-state index in [-0.39, 0.29) is 10.5 Å². The van der Waals surface area contributed by atoms with Crippen molar-refractivity contribution >= 4 is 21.7 Å². The fourth-order valence-electron chi connectivity index (χ4n) is 2.58. The third-order valence-electron chi connectivity index (χ3n) is 3.88. The van der Waals surface area contributed by atoms with Crippen LogP contribution in [0.25, 0.3) is 0 Å². The predicted molar refractivity (Wildman–Crippen MR) is 101 cm³/mol. The van der Waals surface area contributed by atoms with Crippen molar-refractivity contribution in [3.8, 4) is 0 Å². The Morgan fingerprint density at radius 1 is 1.19 bits per heavy atom. The van der Waals surface area contributed by atoms with E-state index in [0.717, 1.165) is 25.6 Å². The van der Waals surface area contributed by atoms with Crippen LogP contribution in [0.1, 0.15) is 22.3 Å². The van der Waals surface area contributed by atoms with E-state index >= 15 is 0 Å². The summed E-state index contributed by atoms with van der Waals surface area (Å²) in [5.41, 5.74) is 1.49. The summed E-state index contributed by atoms with van der Waals surface area (Å²) in [5.74, 6) is -1.21. The van der Waals surface area contributed by atoms with E-state index < -0.39 is 16.0 Å². The Morgan fingerprint density at radius 3 is 2.50 bits per heavy atom. The molecule has 7 nitrogen and oxygen atoms in total. The van der Waals surface area contributed by atoms with Crippen LogP contribution in [0.3, 0.4) is 0 Å². The number of benzene rings is 2. The Morgan fingerprint density at radius 2 is 1.88 bits per heavy atom. The van der Waals surface area contributed by atoms with Gasteiger partial charge in [0.05, 0.1) is 10.5 Å². The van der Waals surface area contributed by atoms with Gasteiger partial charge in [0.15, 0.2) is 0 Å². The highest BCUT2D eigenvalue weighted by Crippen LogP contribution is 2.20. The van der Waals surface area contributed by atoms with Crippen LogP contribution in [-0.2, 0) is 16.6 Å². The lowest BCUT2D eigenvalue weighted by molar-refractivity contribution is 0.0697. The highest BCUT2D eigenvalue weighted by Gasteiger charge is 2.15. The molecular weight excluding hydrogens is 354 g/mol. The van der Waals surface area contributed by atoms with Gasteiger partial charge in [0.2, 0.25) is 10.0 Å². The van der Waals surface area contributed by atoms with Crippen molar-refractivity contribution in [1.82, 2.24) is 4.90 Å². The van der Waals surface area contributed by atoms with Crippen LogP contribution < -0.4 is 10.5 Å². The third kappa shape index (κ3) is 5.83. The van der Waals surface area contributed by atoms with Crippen molar-refractivity contribution in [2.75, 3.05) is 25.5 Å². The maximum Gasteiger partial charge on any atom is 0.337 e. The van der Waals surface area contributed by atoms with E-state index in [2.05, 4.69) is 22.3 Å². The number of hydrogen-bond donors (Lipinski definition) is 3. The topological polar surface area (TPSA) is 113 Å². The molecule has 0 heterocycles. The fourth-order valence-corrected chi connectivity index (χ4v) is 3.12. The summed E-state index contributed by atoms with van der Waals surface area (Å²) in [6.07, 6.45) is 0.805. The molecule has 0 atom stereocenters. The molecule has 140 valence electrons. The zero-order chi connectivity index (χ0) is 19.2. The number of sulfonamides is 1. The summed E-state index contributed by atoms with van der Waals surface area (Å²) in [6.45, 7) is 2.23. The Balaban J connectivity index is 1.90. The maximum atomic E-state index is 11.4. The van der Waals surface area contributed by atoms with Crippen molar-refractivity contribution in [3.63, 3.8) is 0 Å². The van der Waals surface area contributed by atoms with Gasteiger partial charge < -0.3 is 15.3 Å². The van der Waals surface area contributed by atoms with Gasteiger partial charge in [-0.3, -0.25) is 0 Å². The number of nitrogens with one attached hydrogen (secondary N) is 1. The predicted octanol–water partition coefficient (Wildman–Crippen LogP) is 1.97. The number of anilines is 1. The molecule has 0 amide bonds. The first-order chi connectivity index (χ1) is 12.3. The lowest BCUT2D eigenvalue weighted by Gasteiger charge is -2.17. The molecule has 4 N–H and O–H groups in total. The molecule has 0 aliphatic heterocycles. The van der Waals surface area contributed by atoms with Crippen molar-refractivity contribution in [1.29, 1.82) is 0 Å². The molecule has 0 aliphatic rings. The minimum atomic E-state index is -3.94. The van der Waals surface area contributed by atoms with Crippen molar-refractivity contribution < 1.29 is 18.3 Å². The largest absolute Gasteiger partial charge is 0.478 e. The summed E-state index contributed by atoms with van der Waals surface area (Å²) in [5, 5.41) is 17.4. The van der Waals surface area contributed by atoms with Crippen LogP contribution in [0, 0.1) is 0 Å². The zero-order valence-electron chi connectivity index (χ0n) is 14.6. The molecule has 0 aromatic heterocycles. The molecule has 0 fully saturated rings. The average Bonchev–Trinajstić information content (AvgIpc) is 2.58. The normalized spacial score (nSPS) is 11.5. The monoisotopic (exact) mass is 377 g/mol. The summed E-state index contributed by atoms with van der Waals surface area (Å²) >= 11 is 0. The lowest BCUT2D eigenvalue weighted by Crippen LogP contribution is -2.21. The number of carboxylic acids is 1. The molecule has 26 heavy (non-hydrogen) atoms. The molecule has 0 aliphatic carbocycles. The molecule has 0 saturated heterocycles. The number of primary sulfonamides is 1. The first kappa shape index (κ1) is 19.9. The van der Waals surface area contributed by atoms with E-state index in [0.29, 0.717) is 12.2 Å². The van der Waals surface area contributed by atoms with E-state index in [1.165, 1.54) is 17.7 Å². The molecule has 0 unspecified atom stereocenters. The lowest BCUT2D eigenvalue weighted by atomic mass is 10.1. The van der Waals surface area contributed by atoms with E-state index in [1.54, 1.807) is 0 Å². The van der Waals surface area contributed by atoms with Crippen LogP contribution in [0.2, 0.25) is 0 Å². The smallest absolute Gasteiger partial charge is 0.337 e. The number of carboxylic acid groups (broad SMARTS) is 1. The Labute approximate surface area is 153 Å². The summed E-state index contributed by atoms with van der Waals surface area (Å²) in [7, 11) is -1.92. The highest BCUT2D eigenvalue weighted by molar-refractivity contribution is 7.89. The Hall–Kier alpha value is -2.42. The number of rotatable bonds is 9. The summed E-state index contributed by atoms with van der Waals surface area (Å²) in [4.78, 5) is 13.3. The zero-order valence-corrected chi connectivity index (χ0v) is 15.4. The van der Waals surface area contributed by atoms with Gasteiger partial charge in [-0.15, -0.1) is 0 Å². The molecule has 0 spiro atoms. The van der Waals surface area contributed by atoms with E-state index in [4.69, 9.17) is 5.14 Å². The molecule has 0 radical (unpaired) electrons. The number of nitrogens with zero attached hydrogens (tertiary/aromatic N) is 1. The Kier molecular flexibility index (Phi) is 6.73. The van der Waals surface area contributed by atoms with Crippen molar-refractivity contribution in [2.24, 2.45) is 5.14 Å². The van der Waals surface area contributed by atoms with Crippen molar-refractivity contribution in [3.05, 3.63) is 59.7 Å². The van der Waals surface area contributed by atoms with Crippen LogP contribution in [0.4, 0.5) is 5.69 Å². The van der Waals surface area contributed by atoms with Crippen LogP contribution in [0.15, 0.2) is 53.4 Å². The van der Waals surface area contributed by atoms with Crippen molar-refractivity contribution in [2.45, 2.75) is 17.9 Å². The molecule has 2 aromatic rings. The van der Waals surface area contributed by atoms with E-state index in [1.807, 2.05) is 25.2 Å². The molecule has 8 heteroatoms. The van der Waals surface area contributed by atoms with Crippen LogP contribution in [0.5, 0.6) is 0 Å².